The summed E-state index contributed by atoms with van der Waals surface area (Å²) in [6, 6.07) is 5.68. The number of rotatable bonds is 5. The number of nitrogens with one attached hydrogen (secondary N) is 1. The lowest BCUT2D eigenvalue weighted by Crippen LogP contribution is -2.49. The van der Waals surface area contributed by atoms with Gasteiger partial charge in [-0.3, -0.25) is 9.59 Å². The highest BCUT2D eigenvalue weighted by molar-refractivity contribution is 7.91. The van der Waals surface area contributed by atoms with E-state index in [0.717, 1.165) is 21.7 Å². The molecular formula is C17H22N2O7S2. The molecule has 154 valence electrons. The lowest BCUT2D eigenvalue weighted by molar-refractivity contribution is -0.152. The standard InChI is InChI=1S/C17H22N2O7S2/c1-27(22,23)19-9-13-5-3-2-4-12(13)8-15(19)17(21)26-10-16(20)18-14-6-7-28(24,25)11-14/h2-5,14-15H,6-11H2,1H3,(H,18,20)/t14-,15-/m1/s1. The molecule has 0 aliphatic carbocycles. The fraction of sp³-hybridized carbons (Fsp3) is 0.529. The van der Waals surface area contributed by atoms with E-state index in [0.29, 0.717) is 6.42 Å². The molecule has 2 aliphatic rings. The molecule has 2 heterocycles. The Bertz CT molecular complexity index is 989. The Morgan fingerprint density at radius 2 is 1.93 bits per heavy atom. The van der Waals surface area contributed by atoms with Crippen LogP contribution in [0.5, 0.6) is 0 Å². The SMILES string of the molecule is CS(=O)(=O)N1Cc2ccccc2C[C@@H]1C(=O)OCC(=O)N[C@@H]1CCS(=O)(=O)C1. The van der Waals surface area contributed by atoms with Crippen LogP contribution in [0.2, 0.25) is 0 Å². The van der Waals surface area contributed by atoms with Gasteiger partial charge >= 0.3 is 5.97 Å². The second-order valence-corrected chi connectivity index (χ2v) is 11.2. The summed E-state index contributed by atoms with van der Waals surface area (Å²) >= 11 is 0. The lowest BCUT2D eigenvalue weighted by Gasteiger charge is -2.33. The summed E-state index contributed by atoms with van der Waals surface area (Å²) < 4.78 is 53.2. The number of sulfonamides is 1. The first-order valence-electron chi connectivity index (χ1n) is 8.75. The number of benzene rings is 1. The first kappa shape index (κ1) is 20.7. The second-order valence-electron chi connectivity index (χ2n) is 7.07. The van der Waals surface area contributed by atoms with Gasteiger partial charge in [0.2, 0.25) is 10.0 Å². The van der Waals surface area contributed by atoms with Gasteiger partial charge in [-0.1, -0.05) is 24.3 Å². The summed E-state index contributed by atoms with van der Waals surface area (Å²) in [5.74, 6) is -1.54. The first-order valence-corrected chi connectivity index (χ1v) is 12.4. The number of carbonyl (C=O) groups is 2. The minimum atomic E-state index is -3.67. The largest absolute Gasteiger partial charge is 0.454 e. The van der Waals surface area contributed by atoms with Crippen molar-refractivity contribution in [2.45, 2.75) is 31.5 Å². The van der Waals surface area contributed by atoms with Crippen molar-refractivity contribution in [3.63, 3.8) is 0 Å². The van der Waals surface area contributed by atoms with E-state index in [-0.39, 0.29) is 24.5 Å². The summed E-state index contributed by atoms with van der Waals surface area (Å²) in [5, 5.41) is 2.52. The molecule has 28 heavy (non-hydrogen) atoms. The fourth-order valence-corrected chi connectivity index (χ4v) is 6.13. The van der Waals surface area contributed by atoms with E-state index in [1.165, 1.54) is 0 Å². The van der Waals surface area contributed by atoms with E-state index in [1.807, 2.05) is 6.07 Å². The Balaban J connectivity index is 1.63. The zero-order valence-electron chi connectivity index (χ0n) is 15.3. The van der Waals surface area contributed by atoms with Gasteiger partial charge in [-0.25, -0.2) is 16.8 Å². The quantitative estimate of drug-likeness (QED) is 0.607. The zero-order chi connectivity index (χ0) is 20.5. The Labute approximate surface area is 164 Å². The van der Waals surface area contributed by atoms with Crippen LogP contribution < -0.4 is 5.32 Å². The zero-order valence-corrected chi connectivity index (χ0v) is 17.0. The maximum Gasteiger partial charge on any atom is 0.325 e. The fourth-order valence-electron chi connectivity index (χ4n) is 3.46. The summed E-state index contributed by atoms with van der Waals surface area (Å²) in [6.07, 6.45) is 1.50. The van der Waals surface area contributed by atoms with Crippen LogP contribution in [0, 0.1) is 0 Å². The molecule has 1 fully saturated rings. The van der Waals surface area contributed by atoms with Gasteiger partial charge in [-0.05, 0) is 17.5 Å². The molecule has 0 unspecified atom stereocenters. The normalized spacial score (nSPS) is 24.3. The van der Waals surface area contributed by atoms with E-state index in [2.05, 4.69) is 5.32 Å². The third-order valence-corrected chi connectivity index (χ3v) is 7.85. The van der Waals surface area contributed by atoms with E-state index < -0.39 is 50.4 Å². The molecule has 3 rings (SSSR count). The van der Waals surface area contributed by atoms with Crippen LogP contribution in [0.1, 0.15) is 17.5 Å². The van der Waals surface area contributed by atoms with Gasteiger partial charge in [0.1, 0.15) is 6.04 Å². The monoisotopic (exact) mass is 430 g/mol. The van der Waals surface area contributed by atoms with E-state index >= 15 is 0 Å². The molecule has 1 saturated heterocycles. The summed E-state index contributed by atoms with van der Waals surface area (Å²) in [5.41, 5.74) is 1.67. The van der Waals surface area contributed by atoms with Crippen LogP contribution in [-0.4, -0.2) is 69.5 Å². The number of ether oxygens (including phenoxy) is 1. The van der Waals surface area contributed by atoms with Crippen LogP contribution in [0.4, 0.5) is 0 Å². The van der Waals surface area contributed by atoms with Crippen LogP contribution in [0.3, 0.4) is 0 Å². The smallest absolute Gasteiger partial charge is 0.325 e. The topological polar surface area (TPSA) is 127 Å². The molecule has 1 N–H and O–H groups in total. The number of hydrogen-bond donors (Lipinski definition) is 1. The number of hydrogen-bond acceptors (Lipinski definition) is 7. The Hall–Kier alpha value is -1.98. The van der Waals surface area contributed by atoms with Crippen molar-refractivity contribution in [2.24, 2.45) is 0 Å². The molecular weight excluding hydrogens is 408 g/mol. The van der Waals surface area contributed by atoms with E-state index in [1.54, 1.807) is 18.2 Å². The van der Waals surface area contributed by atoms with E-state index in [4.69, 9.17) is 4.74 Å². The third kappa shape index (κ3) is 4.89. The van der Waals surface area contributed by atoms with Crippen molar-refractivity contribution in [1.29, 1.82) is 0 Å². The second kappa shape index (κ2) is 7.80. The third-order valence-electron chi connectivity index (χ3n) is 4.85. The number of carbonyl (C=O) groups excluding carboxylic acids is 2. The number of fused-ring (bicyclic) bond motifs is 1. The van der Waals surface area contributed by atoms with Crippen molar-refractivity contribution in [1.82, 2.24) is 9.62 Å². The minimum Gasteiger partial charge on any atom is -0.454 e. The maximum absolute atomic E-state index is 12.5. The van der Waals surface area contributed by atoms with E-state index in [9.17, 15) is 26.4 Å². The molecule has 0 bridgehead atoms. The predicted octanol–water partition coefficient (Wildman–Crippen LogP) is -0.781. The highest BCUT2D eigenvalue weighted by atomic mass is 32.2. The lowest BCUT2D eigenvalue weighted by atomic mass is 9.96. The average molecular weight is 431 g/mol. The number of sulfone groups is 1. The van der Waals surface area contributed by atoms with Crippen LogP contribution in [0.25, 0.3) is 0 Å². The molecule has 2 aliphatic heterocycles. The molecule has 9 nitrogen and oxygen atoms in total. The number of nitrogens with zero attached hydrogens (tertiary/aromatic N) is 1. The molecule has 1 amide bonds. The molecule has 11 heteroatoms. The van der Waals surface area contributed by atoms with Crippen LogP contribution >= 0.6 is 0 Å². The van der Waals surface area contributed by atoms with Gasteiger partial charge in [0, 0.05) is 19.0 Å². The molecule has 0 spiro atoms. The van der Waals surface area contributed by atoms with Crippen LogP contribution in [-0.2, 0) is 47.2 Å². The molecule has 1 aromatic carbocycles. The summed E-state index contributed by atoms with van der Waals surface area (Å²) in [6.45, 7) is -0.536. The number of esters is 1. The molecule has 2 atom stereocenters. The molecule has 1 aromatic rings. The van der Waals surface area contributed by atoms with Gasteiger partial charge in [-0.2, -0.15) is 4.31 Å². The van der Waals surface area contributed by atoms with Crippen molar-refractivity contribution in [3.8, 4) is 0 Å². The Morgan fingerprint density at radius 1 is 1.25 bits per heavy atom. The van der Waals surface area contributed by atoms with Gasteiger partial charge in [-0.15, -0.1) is 0 Å². The maximum atomic E-state index is 12.5. The van der Waals surface area contributed by atoms with Crippen molar-refractivity contribution >= 4 is 31.7 Å². The highest BCUT2D eigenvalue weighted by Gasteiger charge is 2.38. The van der Waals surface area contributed by atoms with Gasteiger partial charge in [0.05, 0.1) is 17.8 Å². The first-order chi connectivity index (χ1) is 13.0. The molecule has 0 saturated carbocycles. The van der Waals surface area contributed by atoms with Gasteiger partial charge < -0.3 is 10.1 Å². The Kier molecular flexibility index (Phi) is 5.78. The predicted molar refractivity (Wildman–Crippen MR) is 100 cm³/mol. The highest BCUT2D eigenvalue weighted by Crippen LogP contribution is 2.26. The molecule has 0 radical (unpaired) electrons. The molecule has 0 aromatic heterocycles. The summed E-state index contributed by atoms with van der Waals surface area (Å²) in [4.78, 5) is 24.5. The van der Waals surface area contributed by atoms with Crippen molar-refractivity contribution in [2.75, 3.05) is 24.4 Å². The van der Waals surface area contributed by atoms with Crippen molar-refractivity contribution < 1.29 is 31.2 Å². The minimum absolute atomic E-state index is 0.0164. The van der Waals surface area contributed by atoms with Crippen LogP contribution in [0.15, 0.2) is 24.3 Å². The average Bonchev–Trinajstić information content (AvgIpc) is 2.96. The van der Waals surface area contributed by atoms with Gasteiger partial charge in [0.25, 0.3) is 5.91 Å². The summed E-state index contributed by atoms with van der Waals surface area (Å²) in [7, 11) is -6.81. The van der Waals surface area contributed by atoms with Gasteiger partial charge in [0.15, 0.2) is 16.4 Å². The Morgan fingerprint density at radius 3 is 2.54 bits per heavy atom. The van der Waals surface area contributed by atoms with Crippen molar-refractivity contribution in [3.05, 3.63) is 35.4 Å². The number of amides is 1.